The highest BCUT2D eigenvalue weighted by Gasteiger charge is 2.45. The second kappa shape index (κ2) is 6.62. The number of benzene rings is 2. The first-order valence-corrected chi connectivity index (χ1v) is 9.02. The zero-order valence-electron chi connectivity index (χ0n) is 15.4. The van der Waals surface area contributed by atoms with Crippen LogP contribution in [0.25, 0.3) is 0 Å². The van der Waals surface area contributed by atoms with Crippen LogP contribution < -0.4 is 10.6 Å². The van der Waals surface area contributed by atoms with Crippen LogP contribution >= 0.6 is 0 Å². The molecule has 2 aromatic carbocycles. The van der Waals surface area contributed by atoms with E-state index in [2.05, 4.69) is 13.8 Å². The first kappa shape index (κ1) is 17.9. The lowest BCUT2D eigenvalue weighted by Crippen LogP contribution is -2.43. The minimum atomic E-state index is -0.635. The van der Waals surface area contributed by atoms with Gasteiger partial charge in [-0.2, -0.15) is 0 Å². The van der Waals surface area contributed by atoms with Gasteiger partial charge in [0.15, 0.2) is 6.29 Å². The zero-order chi connectivity index (χ0) is 19.2. The number of nitrogens with zero attached hydrogens (tertiary/aromatic N) is 1. The van der Waals surface area contributed by atoms with Gasteiger partial charge < -0.3 is 20.1 Å². The molecule has 27 heavy (non-hydrogen) atoms. The minimum absolute atomic E-state index is 0.0789. The number of nitrogens with two attached hydrogens (primary N) is 1. The first-order chi connectivity index (χ1) is 12.8. The highest BCUT2D eigenvalue weighted by Crippen LogP contribution is 2.43. The van der Waals surface area contributed by atoms with E-state index in [0.29, 0.717) is 25.4 Å². The van der Waals surface area contributed by atoms with E-state index in [1.54, 1.807) is 23.1 Å². The summed E-state index contributed by atoms with van der Waals surface area (Å²) in [5, 5.41) is 0. The Morgan fingerprint density at radius 1 is 1.15 bits per heavy atom. The predicted octanol–water partition coefficient (Wildman–Crippen LogP) is 3.44. The van der Waals surface area contributed by atoms with Gasteiger partial charge in [-0.15, -0.1) is 0 Å². The van der Waals surface area contributed by atoms with Crippen LogP contribution in [0.4, 0.5) is 15.8 Å². The Labute approximate surface area is 157 Å². The topological polar surface area (TPSA) is 64.8 Å². The number of amides is 1. The van der Waals surface area contributed by atoms with Crippen LogP contribution in [-0.4, -0.2) is 25.4 Å². The predicted molar refractivity (Wildman–Crippen MR) is 101 cm³/mol. The molecule has 2 N–H and O–H groups in total. The fourth-order valence-electron chi connectivity index (χ4n) is 3.58. The largest absolute Gasteiger partial charge is 0.399 e. The first-order valence-electron chi connectivity index (χ1n) is 9.02. The monoisotopic (exact) mass is 370 g/mol. The van der Waals surface area contributed by atoms with Crippen molar-refractivity contribution in [2.24, 2.45) is 5.41 Å². The molecule has 1 amide bonds. The van der Waals surface area contributed by atoms with E-state index in [1.165, 1.54) is 12.1 Å². The van der Waals surface area contributed by atoms with Gasteiger partial charge in [-0.05, 0) is 41.5 Å². The number of carbonyl (C=O) groups is 1. The second-order valence-corrected chi connectivity index (χ2v) is 8.00. The van der Waals surface area contributed by atoms with Crippen molar-refractivity contribution >= 4 is 17.3 Å². The van der Waals surface area contributed by atoms with Gasteiger partial charge >= 0.3 is 0 Å². The summed E-state index contributed by atoms with van der Waals surface area (Å²) in [7, 11) is 0. The van der Waals surface area contributed by atoms with Gasteiger partial charge in [-0.1, -0.05) is 26.0 Å². The van der Waals surface area contributed by atoms with Gasteiger partial charge in [-0.3, -0.25) is 4.79 Å². The average molecular weight is 370 g/mol. The van der Waals surface area contributed by atoms with Crippen LogP contribution in [0.15, 0.2) is 42.5 Å². The number of nitrogen functional groups attached to an aromatic ring is 1. The zero-order valence-corrected chi connectivity index (χ0v) is 15.4. The quantitative estimate of drug-likeness (QED) is 0.841. The van der Waals surface area contributed by atoms with E-state index in [1.807, 2.05) is 12.1 Å². The molecule has 2 heterocycles. The average Bonchev–Trinajstić information content (AvgIpc) is 2.88. The molecule has 1 fully saturated rings. The molecule has 0 aromatic heterocycles. The fraction of sp³-hybridized carbons (Fsp3) is 0.381. The van der Waals surface area contributed by atoms with E-state index in [9.17, 15) is 9.18 Å². The molecule has 0 bridgehead atoms. The highest BCUT2D eigenvalue weighted by molar-refractivity contribution is 6.05. The minimum Gasteiger partial charge on any atom is -0.399 e. The van der Waals surface area contributed by atoms with Crippen molar-refractivity contribution < 1.29 is 18.7 Å². The molecule has 2 aliphatic rings. The van der Waals surface area contributed by atoms with Crippen molar-refractivity contribution in [1.29, 1.82) is 0 Å². The lowest BCUT2D eigenvalue weighted by Gasteiger charge is -2.36. The lowest BCUT2D eigenvalue weighted by molar-refractivity contribution is -0.229. The molecule has 4 rings (SSSR count). The van der Waals surface area contributed by atoms with Gasteiger partial charge in [0.05, 0.1) is 19.8 Å². The molecule has 0 radical (unpaired) electrons. The number of ether oxygens (including phenoxy) is 2. The lowest BCUT2D eigenvalue weighted by atomic mass is 9.93. The summed E-state index contributed by atoms with van der Waals surface area (Å²) < 4.78 is 25.0. The number of carbonyl (C=O) groups excluding carboxylic acids is 1. The van der Waals surface area contributed by atoms with E-state index in [4.69, 9.17) is 15.2 Å². The number of rotatable bonds is 3. The number of halogens is 1. The summed E-state index contributed by atoms with van der Waals surface area (Å²) in [6.45, 7) is 5.53. The van der Waals surface area contributed by atoms with Gasteiger partial charge in [0, 0.05) is 16.8 Å². The molecule has 0 aliphatic carbocycles. The van der Waals surface area contributed by atoms with Gasteiger partial charge in [0.25, 0.3) is 0 Å². The number of anilines is 2. The fourth-order valence-corrected chi connectivity index (χ4v) is 3.58. The Morgan fingerprint density at radius 2 is 1.81 bits per heavy atom. The van der Waals surface area contributed by atoms with Crippen molar-refractivity contribution in [3.8, 4) is 0 Å². The Morgan fingerprint density at radius 3 is 2.48 bits per heavy atom. The van der Waals surface area contributed by atoms with Crippen molar-refractivity contribution in [3.63, 3.8) is 0 Å². The standard InChI is InChI=1S/C21H23FN2O3/c1-21(2)11-26-20(27-12-21)18-16-9-15(23)7-8-17(16)24(19(18)25)10-13-3-5-14(22)6-4-13/h3-9,18,20H,10-12,23H2,1-2H3. The molecule has 1 unspecified atom stereocenters. The normalized spacial score (nSPS) is 22.1. The SMILES string of the molecule is CC1(C)COC(C2C(=O)N(Cc3ccc(F)cc3)c3ccc(N)cc32)OC1. The third-order valence-electron chi connectivity index (χ3n) is 5.01. The number of hydrogen-bond donors (Lipinski definition) is 1. The van der Waals surface area contributed by atoms with Gasteiger partial charge in [0.1, 0.15) is 11.7 Å². The third kappa shape index (κ3) is 3.42. The van der Waals surface area contributed by atoms with Crippen molar-refractivity contribution in [1.82, 2.24) is 0 Å². The molecule has 2 aromatic rings. The van der Waals surface area contributed by atoms with Gasteiger partial charge in [-0.25, -0.2) is 4.39 Å². The second-order valence-electron chi connectivity index (χ2n) is 8.00. The Kier molecular flexibility index (Phi) is 4.40. The summed E-state index contributed by atoms with van der Waals surface area (Å²) in [6.07, 6.45) is -0.635. The molecule has 142 valence electrons. The molecule has 0 spiro atoms. The van der Waals surface area contributed by atoms with Crippen LogP contribution in [0, 0.1) is 11.2 Å². The summed E-state index contributed by atoms with van der Waals surface area (Å²) in [5.74, 6) is -0.950. The van der Waals surface area contributed by atoms with E-state index >= 15 is 0 Å². The maximum absolute atomic E-state index is 13.3. The summed E-state index contributed by atoms with van der Waals surface area (Å²) >= 11 is 0. The van der Waals surface area contributed by atoms with Crippen LogP contribution in [0.5, 0.6) is 0 Å². The van der Waals surface area contributed by atoms with Crippen molar-refractivity contribution in [2.45, 2.75) is 32.6 Å². The van der Waals surface area contributed by atoms with Crippen LogP contribution in [0.3, 0.4) is 0 Å². The van der Waals surface area contributed by atoms with Crippen LogP contribution in [-0.2, 0) is 20.8 Å². The Bertz CT molecular complexity index is 856. The number of hydrogen-bond acceptors (Lipinski definition) is 4. The molecular formula is C21H23FN2O3. The summed E-state index contributed by atoms with van der Waals surface area (Å²) in [5.41, 5.74) is 8.93. The molecule has 1 atom stereocenters. The highest BCUT2D eigenvalue weighted by atomic mass is 19.1. The van der Waals surface area contributed by atoms with E-state index in [0.717, 1.165) is 16.8 Å². The third-order valence-corrected chi connectivity index (χ3v) is 5.01. The van der Waals surface area contributed by atoms with Crippen molar-refractivity contribution in [3.05, 3.63) is 59.4 Å². The van der Waals surface area contributed by atoms with E-state index in [-0.39, 0.29) is 17.1 Å². The molecule has 1 saturated heterocycles. The van der Waals surface area contributed by atoms with Crippen LogP contribution in [0.2, 0.25) is 0 Å². The molecular weight excluding hydrogens is 347 g/mol. The molecule has 0 saturated carbocycles. The molecule has 6 heteroatoms. The van der Waals surface area contributed by atoms with Crippen LogP contribution in [0.1, 0.15) is 30.9 Å². The Hall–Kier alpha value is -2.44. The van der Waals surface area contributed by atoms with Gasteiger partial charge in [0.2, 0.25) is 5.91 Å². The van der Waals surface area contributed by atoms with E-state index < -0.39 is 12.2 Å². The summed E-state index contributed by atoms with van der Waals surface area (Å²) in [4.78, 5) is 15.0. The smallest absolute Gasteiger partial charge is 0.240 e. The summed E-state index contributed by atoms with van der Waals surface area (Å²) in [6, 6.07) is 11.6. The maximum atomic E-state index is 13.3. The maximum Gasteiger partial charge on any atom is 0.240 e. The molecule has 5 nitrogen and oxygen atoms in total. The van der Waals surface area contributed by atoms with Crippen molar-refractivity contribution in [2.75, 3.05) is 23.8 Å². The number of fused-ring (bicyclic) bond motifs is 1. The Balaban J connectivity index is 1.65. The molecule has 2 aliphatic heterocycles.